The number of aromatic amines is 1. The SMILES string of the molecule is CC(CN(C)C)NCc1ccn[nH]1. The summed E-state index contributed by atoms with van der Waals surface area (Å²) in [6, 6.07) is 2.48. The zero-order valence-corrected chi connectivity index (χ0v) is 8.54. The molecule has 0 aliphatic carbocycles. The Hall–Kier alpha value is -0.870. The van der Waals surface area contributed by atoms with Gasteiger partial charge in [0.1, 0.15) is 0 Å². The van der Waals surface area contributed by atoms with Gasteiger partial charge in [0.25, 0.3) is 0 Å². The van der Waals surface area contributed by atoms with Crippen molar-refractivity contribution in [2.24, 2.45) is 0 Å². The summed E-state index contributed by atoms with van der Waals surface area (Å²) < 4.78 is 0. The number of nitrogens with one attached hydrogen (secondary N) is 2. The Labute approximate surface area is 79.3 Å². The van der Waals surface area contributed by atoms with Crippen LogP contribution in [0.25, 0.3) is 0 Å². The first-order chi connectivity index (χ1) is 6.18. The molecule has 2 N–H and O–H groups in total. The van der Waals surface area contributed by atoms with Crippen molar-refractivity contribution < 1.29 is 0 Å². The predicted octanol–water partition coefficient (Wildman–Crippen LogP) is 0.449. The zero-order chi connectivity index (χ0) is 9.68. The molecule has 0 spiro atoms. The van der Waals surface area contributed by atoms with Gasteiger partial charge in [-0.1, -0.05) is 0 Å². The zero-order valence-electron chi connectivity index (χ0n) is 8.54. The molecule has 0 saturated carbocycles. The average Bonchev–Trinajstić information content (AvgIpc) is 2.51. The smallest absolute Gasteiger partial charge is 0.0490 e. The van der Waals surface area contributed by atoms with Gasteiger partial charge in [0.15, 0.2) is 0 Å². The first-order valence-electron chi connectivity index (χ1n) is 4.55. The number of nitrogens with zero attached hydrogens (tertiary/aromatic N) is 2. The molecule has 1 unspecified atom stereocenters. The van der Waals surface area contributed by atoms with Crippen LogP contribution in [0.4, 0.5) is 0 Å². The van der Waals surface area contributed by atoms with E-state index in [1.54, 1.807) is 6.20 Å². The Morgan fingerprint density at radius 3 is 2.92 bits per heavy atom. The van der Waals surface area contributed by atoms with E-state index < -0.39 is 0 Å². The number of H-pyrrole nitrogens is 1. The maximum atomic E-state index is 3.89. The molecule has 0 fully saturated rings. The second kappa shape index (κ2) is 4.99. The fraction of sp³-hybridized carbons (Fsp3) is 0.667. The van der Waals surface area contributed by atoms with Crippen molar-refractivity contribution in [3.05, 3.63) is 18.0 Å². The molecule has 4 heteroatoms. The molecule has 1 aromatic rings. The van der Waals surface area contributed by atoms with Gasteiger partial charge in [0, 0.05) is 31.0 Å². The van der Waals surface area contributed by atoms with Gasteiger partial charge in [-0.3, -0.25) is 5.10 Å². The summed E-state index contributed by atoms with van der Waals surface area (Å²) in [5.41, 5.74) is 1.13. The molecule has 0 aliphatic heterocycles. The highest BCUT2D eigenvalue weighted by atomic mass is 15.1. The molecular formula is C9H18N4. The second-order valence-electron chi connectivity index (χ2n) is 3.63. The van der Waals surface area contributed by atoms with Crippen molar-refractivity contribution in [2.75, 3.05) is 20.6 Å². The Bertz CT molecular complexity index is 218. The van der Waals surface area contributed by atoms with E-state index in [1.807, 2.05) is 6.07 Å². The minimum Gasteiger partial charge on any atom is -0.308 e. The van der Waals surface area contributed by atoms with E-state index in [2.05, 4.69) is 41.4 Å². The highest BCUT2D eigenvalue weighted by Gasteiger charge is 2.02. The van der Waals surface area contributed by atoms with Gasteiger partial charge in [0.2, 0.25) is 0 Å². The van der Waals surface area contributed by atoms with Crippen LogP contribution in [-0.2, 0) is 6.54 Å². The Morgan fingerprint density at radius 2 is 2.38 bits per heavy atom. The van der Waals surface area contributed by atoms with Gasteiger partial charge < -0.3 is 10.2 Å². The lowest BCUT2D eigenvalue weighted by Gasteiger charge is -2.17. The molecule has 1 rings (SSSR count). The highest BCUT2D eigenvalue weighted by molar-refractivity contribution is 4.96. The highest BCUT2D eigenvalue weighted by Crippen LogP contribution is 1.92. The largest absolute Gasteiger partial charge is 0.308 e. The van der Waals surface area contributed by atoms with Gasteiger partial charge in [-0.05, 0) is 27.1 Å². The summed E-state index contributed by atoms with van der Waals surface area (Å²) in [7, 11) is 4.16. The molecule has 1 aromatic heterocycles. The molecule has 74 valence electrons. The number of aromatic nitrogens is 2. The molecule has 0 aliphatic rings. The van der Waals surface area contributed by atoms with Gasteiger partial charge in [-0.2, -0.15) is 5.10 Å². The normalized spacial score (nSPS) is 13.5. The van der Waals surface area contributed by atoms with Crippen molar-refractivity contribution in [3.63, 3.8) is 0 Å². The number of hydrogen-bond donors (Lipinski definition) is 2. The lowest BCUT2D eigenvalue weighted by Crippen LogP contribution is -2.35. The van der Waals surface area contributed by atoms with Gasteiger partial charge >= 0.3 is 0 Å². The molecule has 1 atom stereocenters. The van der Waals surface area contributed by atoms with Crippen molar-refractivity contribution in [2.45, 2.75) is 19.5 Å². The van der Waals surface area contributed by atoms with E-state index in [1.165, 1.54) is 0 Å². The fourth-order valence-corrected chi connectivity index (χ4v) is 1.28. The van der Waals surface area contributed by atoms with E-state index in [4.69, 9.17) is 0 Å². The van der Waals surface area contributed by atoms with Gasteiger partial charge in [0.05, 0.1) is 0 Å². The molecule has 13 heavy (non-hydrogen) atoms. The quantitative estimate of drug-likeness (QED) is 0.695. The molecule has 1 heterocycles. The number of hydrogen-bond acceptors (Lipinski definition) is 3. The van der Waals surface area contributed by atoms with Gasteiger partial charge in [-0.15, -0.1) is 0 Å². The first kappa shape index (κ1) is 10.2. The maximum Gasteiger partial charge on any atom is 0.0490 e. The second-order valence-corrected chi connectivity index (χ2v) is 3.63. The van der Waals surface area contributed by atoms with Crippen LogP contribution in [0.1, 0.15) is 12.6 Å². The van der Waals surface area contributed by atoms with E-state index >= 15 is 0 Å². The van der Waals surface area contributed by atoms with Gasteiger partial charge in [-0.25, -0.2) is 0 Å². The third-order valence-corrected chi connectivity index (χ3v) is 1.84. The van der Waals surface area contributed by atoms with E-state index in [0.717, 1.165) is 18.8 Å². The predicted molar refractivity (Wildman–Crippen MR) is 53.4 cm³/mol. The van der Waals surface area contributed by atoms with Crippen LogP contribution in [0.3, 0.4) is 0 Å². The number of rotatable bonds is 5. The van der Waals surface area contributed by atoms with Crippen LogP contribution in [0.2, 0.25) is 0 Å². The van der Waals surface area contributed by atoms with Crippen LogP contribution in [0.15, 0.2) is 12.3 Å². The third kappa shape index (κ3) is 4.05. The van der Waals surface area contributed by atoms with E-state index in [9.17, 15) is 0 Å². The molecule has 0 radical (unpaired) electrons. The Kier molecular flexibility index (Phi) is 3.92. The Balaban J connectivity index is 2.19. The summed E-state index contributed by atoms with van der Waals surface area (Å²) >= 11 is 0. The molecule has 4 nitrogen and oxygen atoms in total. The summed E-state index contributed by atoms with van der Waals surface area (Å²) in [4.78, 5) is 2.17. The molecule has 0 aromatic carbocycles. The third-order valence-electron chi connectivity index (χ3n) is 1.84. The fourth-order valence-electron chi connectivity index (χ4n) is 1.28. The van der Waals surface area contributed by atoms with Crippen molar-refractivity contribution in [3.8, 4) is 0 Å². The van der Waals surface area contributed by atoms with Crippen molar-refractivity contribution >= 4 is 0 Å². The monoisotopic (exact) mass is 182 g/mol. The van der Waals surface area contributed by atoms with Crippen LogP contribution in [-0.4, -0.2) is 41.8 Å². The standard InChI is InChI=1S/C9H18N4/c1-8(7-13(2)3)10-6-9-4-5-11-12-9/h4-5,8,10H,6-7H2,1-3H3,(H,11,12). The minimum atomic E-state index is 0.498. The molecule has 0 bridgehead atoms. The van der Waals surface area contributed by atoms with Crippen LogP contribution in [0, 0.1) is 0 Å². The summed E-state index contributed by atoms with van der Waals surface area (Å²) in [6.07, 6.45) is 1.77. The van der Waals surface area contributed by atoms with E-state index in [-0.39, 0.29) is 0 Å². The summed E-state index contributed by atoms with van der Waals surface area (Å²) in [5.74, 6) is 0. The average molecular weight is 182 g/mol. The van der Waals surface area contributed by atoms with Crippen LogP contribution < -0.4 is 5.32 Å². The van der Waals surface area contributed by atoms with E-state index in [0.29, 0.717) is 6.04 Å². The van der Waals surface area contributed by atoms with Crippen LogP contribution in [0.5, 0.6) is 0 Å². The molecular weight excluding hydrogens is 164 g/mol. The Morgan fingerprint density at radius 1 is 1.62 bits per heavy atom. The minimum absolute atomic E-state index is 0.498. The lowest BCUT2D eigenvalue weighted by molar-refractivity contribution is 0.348. The maximum absolute atomic E-state index is 3.89. The summed E-state index contributed by atoms with van der Waals surface area (Å²) in [6.45, 7) is 4.08. The molecule has 0 amide bonds. The summed E-state index contributed by atoms with van der Waals surface area (Å²) in [5, 5.41) is 10.2. The van der Waals surface area contributed by atoms with Crippen molar-refractivity contribution in [1.29, 1.82) is 0 Å². The van der Waals surface area contributed by atoms with Crippen molar-refractivity contribution in [1.82, 2.24) is 20.4 Å². The number of likely N-dealkylation sites (N-methyl/N-ethyl adjacent to an activating group) is 1. The molecule has 0 saturated heterocycles. The van der Waals surface area contributed by atoms with Crippen LogP contribution >= 0.6 is 0 Å². The lowest BCUT2D eigenvalue weighted by atomic mass is 10.3. The topological polar surface area (TPSA) is 44.0 Å². The first-order valence-corrected chi connectivity index (χ1v) is 4.55.